The van der Waals surface area contributed by atoms with E-state index >= 15 is 0 Å². The maximum atomic E-state index is 10.9. The molecule has 0 saturated heterocycles. The molecule has 0 atom stereocenters. The molecule has 0 fully saturated rings. The van der Waals surface area contributed by atoms with Crippen molar-refractivity contribution in [2.45, 2.75) is 6.92 Å². The number of hydrogen-bond donors (Lipinski definition) is 1. The van der Waals surface area contributed by atoms with Crippen LogP contribution in [0.1, 0.15) is 5.56 Å². The molecule has 2 aromatic rings. The number of nitrogens with one attached hydrogen (secondary N) is 1. The highest BCUT2D eigenvalue weighted by atomic mass is 79.9. The molecule has 92 valence electrons. The van der Waals surface area contributed by atoms with E-state index in [1.165, 1.54) is 6.07 Å². The fraction of sp³-hybridized carbons (Fsp3) is 0.0769. The second-order valence-electron chi connectivity index (χ2n) is 3.86. The van der Waals surface area contributed by atoms with Crippen molar-refractivity contribution in [1.82, 2.24) is 0 Å². The summed E-state index contributed by atoms with van der Waals surface area (Å²) in [7, 11) is 0. The molecule has 0 saturated carbocycles. The van der Waals surface area contributed by atoms with Crippen molar-refractivity contribution < 1.29 is 4.92 Å². The standard InChI is InChI=1S/C13H11BrN2O2/c1-9-8-10(6-7-11(9)14)15-12-4-2-3-5-13(12)16(17)18/h2-8,15H,1H3. The minimum absolute atomic E-state index is 0.0677. The van der Waals surface area contributed by atoms with Crippen molar-refractivity contribution in [1.29, 1.82) is 0 Å². The highest BCUT2D eigenvalue weighted by Gasteiger charge is 2.12. The molecule has 0 aromatic heterocycles. The number of benzene rings is 2. The smallest absolute Gasteiger partial charge is 0.292 e. The molecule has 0 unspecified atom stereocenters. The molecule has 2 rings (SSSR count). The molecule has 5 heteroatoms. The highest BCUT2D eigenvalue weighted by molar-refractivity contribution is 9.10. The van der Waals surface area contributed by atoms with Crippen LogP contribution in [0.5, 0.6) is 0 Å². The molecule has 0 amide bonds. The van der Waals surface area contributed by atoms with Crippen LogP contribution in [0.15, 0.2) is 46.9 Å². The van der Waals surface area contributed by atoms with Crippen molar-refractivity contribution in [3.8, 4) is 0 Å². The van der Waals surface area contributed by atoms with E-state index < -0.39 is 4.92 Å². The molecule has 18 heavy (non-hydrogen) atoms. The van der Waals surface area contributed by atoms with Gasteiger partial charge in [-0.2, -0.15) is 0 Å². The van der Waals surface area contributed by atoms with Gasteiger partial charge in [-0.3, -0.25) is 10.1 Å². The van der Waals surface area contributed by atoms with Gasteiger partial charge in [-0.1, -0.05) is 28.1 Å². The number of nitro groups is 1. The van der Waals surface area contributed by atoms with Gasteiger partial charge in [0.1, 0.15) is 5.69 Å². The van der Waals surface area contributed by atoms with Crippen LogP contribution in [0, 0.1) is 17.0 Å². The molecule has 0 aliphatic rings. The first-order valence-corrected chi connectivity index (χ1v) is 6.14. The van der Waals surface area contributed by atoms with Crippen LogP contribution in [0.3, 0.4) is 0 Å². The van der Waals surface area contributed by atoms with Crippen LogP contribution < -0.4 is 5.32 Å². The molecule has 4 nitrogen and oxygen atoms in total. The van der Waals surface area contributed by atoms with Gasteiger partial charge in [0, 0.05) is 16.2 Å². The molecule has 1 N–H and O–H groups in total. The van der Waals surface area contributed by atoms with E-state index in [1.807, 2.05) is 25.1 Å². The molecule has 0 bridgehead atoms. The number of para-hydroxylation sites is 2. The topological polar surface area (TPSA) is 55.2 Å². The van der Waals surface area contributed by atoms with E-state index in [0.29, 0.717) is 5.69 Å². The van der Waals surface area contributed by atoms with Gasteiger partial charge in [0.15, 0.2) is 0 Å². The van der Waals surface area contributed by atoms with Gasteiger partial charge in [0.05, 0.1) is 4.92 Å². The average molecular weight is 307 g/mol. The van der Waals surface area contributed by atoms with Crippen molar-refractivity contribution in [3.63, 3.8) is 0 Å². The van der Waals surface area contributed by atoms with E-state index in [-0.39, 0.29) is 5.69 Å². The zero-order chi connectivity index (χ0) is 13.1. The SMILES string of the molecule is Cc1cc(Nc2ccccc2[N+](=O)[O-])ccc1Br. The Hall–Kier alpha value is -1.88. The van der Waals surface area contributed by atoms with Crippen LogP contribution in [0.25, 0.3) is 0 Å². The maximum Gasteiger partial charge on any atom is 0.292 e. The lowest BCUT2D eigenvalue weighted by molar-refractivity contribution is -0.383. The van der Waals surface area contributed by atoms with Gasteiger partial charge in [-0.05, 0) is 36.8 Å². The summed E-state index contributed by atoms with van der Waals surface area (Å²) in [5.74, 6) is 0. The Morgan fingerprint density at radius 3 is 2.61 bits per heavy atom. The van der Waals surface area contributed by atoms with Gasteiger partial charge in [0.25, 0.3) is 5.69 Å². The minimum Gasteiger partial charge on any atom is -0.350 e. The first kappa shape index (κ1) is 12.6. The number of anilines is 2. The first-order chi connectivity index (χ1) is 8.58. The molecule has 0 aliphatic carbocycles. The Kier molecular flexibility index (Phi) is 3.62. The number of nitrogens with zero attached hydrogens (tertiary/aromatic N) is 1. The van der Waals surface area contributed by atoms with E-state index in [4.69, 9.17) is 0 Å². The number of hydrogen-bond acceptors (Lipinski definition) is 3. The molecular weight excluding hydrogens is 296 g/mol. The van der Waals surface area contributed by atoms with E-state index in [2.05, 4.69) is 21.2 Å². The zero-order valence-corrected chi connectivity index (χ0v) is 11.3. The van der Waals surface area contributed by atoms with Crippen LogP contribution in [-0.2, 0) is 0 Å². The highest BCUT2D eigenvalue weighted by Crippen LogP contribution is 2.28. The lowest BCUT2D eigenvalue weighted by atomic mass is 10.2. The normalized spacial score (nSPS) is 10.1. The number of nitro benzene ring substituents is 1. The molecule has 0 aliphatic heterocycles. The Morgan fingerprint density at radius 2 is 1.94 bits per heavy atom. The lowest BCUT2D eigenvalue weighted by Gasteiger charge is -2.08. The lowest BCUT2D eigenvalue weighted by Crippen LogP contribution is -1.96. The Labute approximate surface area is 113 Å². The van der Waals surface area contributed by atoms with Crippen molar-refractivity contribution in [2.24, 2.45) is 0 Å². The van der Waals surface area contributed by atoms with Gasteiger partial charge in [0.2, 0.25) is 0 Å². The summed E-state index contributed by atoms with van der Waals surface area (Å²) in [6.45, 7) is 1.97. The second-order valence-corrected chi connectivity index (χ2v) is 4.72. The fourth-order valence-corrected chi connectivity index (χ4v) is 1.86. The number of rotatable bonds is 3. The second kappa shape index (κ2) is 5.18. The first-order valence-electron chi connectivity index (χ1n) is 5.34. The molecule has 0 spiro atoms. The van der Waals surface area contributed by atoms with Crippen LogP contribution >= 0.6 is 15.9 Å². The van der Waals surface area contributed by atoms with Crippen LogP contribution in [-0.4, -0.2) is 4.92 Å². The molecular formula is C13H11BrN2O2. The van der Waals surface area contributed by atoms with Gasteiger partial charge >= 0.3 is 0 Å². The van der Waals surface area contributed by atoms with E-state index in [9.17, 15) is 10.1 Å². The average Bonchev–Trinajstić information content (AvgIpc) is 2.34. The van der Waals surface area contributed by atoms with Gasteiger partial charge in [-0.15, -0.1) is 0 Å². The Morgan fingerprint density at radius 1 is 1.22 bits per heavy atom. The Balaban J connectivity index is 2.34. The maximum absolute atomic E-state index is 10.9. The number of aryl methyl sites for hydroxylation is 1. The number of halogens is 1. The summed E-state index contributed by atoms with van der Waals surface area (Å²) in [4.78, 5) is 10.5. The molecule has 0 heterocycles. The van der Waals surface area contributed by atoms with Crippen LogP contribution in [0.2, 0.25) is 0 Å². The minimum atomic E-state index is -0.395. The largest absolute Gasteiger partial charge is 0.350 e. The van der Waals surface area contributed by atoms with Gasteiger partial charge in [-0.25, -0.2) is 0 Å². The predicted molar refractivity (Wildman–Crippen MR) is 75.3 cm³/mol. The molecule has 2 aromatic carbocycles. The third-order valence-electron chi connectivity index (χ3n) is 2.54. The summed E-state index contributed by atoms with van der Waals surface area (Å²) in [6, 6.07) is 12.3. The van der Waals surface area contributed by atoms with Crippen molar-refractivity contribution >= 4 is 33.0 Å². The Bertz CT molecular complexity index is 599. The zero-order valence-electron chi connectivity index (χ0n) is 9.68. The predicted octanol–water partition coefficient (Wildman–Crippen LogP) is 4.41. The van der Waals surface area contributed by atoms with Crippen LogP contribution in [0.4, 0.5) is 17.1 Å². The summed E-state index contributed by atoms with van der Waals surface area (Å²) in [5.41, 5.74) is 2.45. The van der Waals surface area contributed by atoms with Gasteiger partial charge < -0.3 is 5.32 Å². The molecule has 0 radical (unpaired) electrons. The summed E-state index contributed by atoms with van der Waals surface area (Å²) in [6.07, 6.45) is 0. The van der Waals surface area contributed by atoms with E-state index in [1.54, 1.807) is 18.2 Å². The summed E-state index contributed by atoms with van der Waals surface area (Å²) >= 11 is 3.42. The quantitative estimate of drug-likeness (QED) is 0.675. The van der Waals surface area contributed by atoms with E-state index in [0.717, 1.165) is 15.7 Å². The van der Waals surface area contributed by atoms with Crippen molar-refractivity contribution in [2.75, 3.05) is 5.32 Å². The monoisotopic (exact) mass is 306 g/mol. The van der Waals surface area contributed by atoms with Crippen molar-refractivity contribution in [3.05, 3.63) is 62.6 Å². The summed E-state index contributed by atoms with van der Waals surface area (Å²) in [5, 5.41) is 14.0. The summed E-state index contributed by atoms with van der Waals surface area (Å²) < 4.78 is 1.01. The fourth-order valence-electron chi connectivity index (χ4n) is 1.62. The third kappa shape index (κ3) is 2.68. The third-order valence-corrected chi connectivity index (χ3v) is 3.43.